The first kappa shape index (κ1) is 26.5. The van der Waals surface area contributed by atoms with E-state index in [0.717, 1.165) is 35.2 Å². The number of hydrogen-bond acceptors (Lipinski definition) is 5. The van der Waals surface area contributed by atoms with Gasteiger partial charge in [-0.1, -0.05) is 31.0 Å². The molecule has 1 aliphatic carbocycles. The molecule has 39 heavy (non-hydrogen) atoms. The van der Waals surface area contributed by atoms with Crippen LogP contribution in [-0.4, -0.2) is 32.0 Å². The van der Waals surface area contributed by atoms with E-state index in [1.165, 1.54) is 12.1 Å². The number of aliphatic carboxylic acids is 1. The lowest BCUT2D eigenvalue weighted by Crippen LogP contribution is -2.27. The third kappa shape index (κ3) is 6.32. The number of benzene rings is 2. The zero-order valence-corrected chi connectivity index (χ0v) is 21.3. The number of pyridine rings is 1. The van der Waals surface area contributed by atoms with Gasteiger partial charge in [0.25, 0.3) is 0 Å². The number of carboxylic acids is 1. The first-order chi connectivity index (χ1) is 18.7. The second-order valence-corrected chi connectivity index (χ2v) is 9.85. The van der Waals surface area contributed by atoms with Crippen LogP contribution in [0.25, 0.3) is 11.0 Å². The fourth-order valence-electron chi connectivity index (χ4n) is 5.12. The molecule has 1 saturated carbocycles. The molecular formula is C29H28F3N3O4. The first-order valence-corrected chi connectivity index (χ1v) is 12.8. The standard InChI is InChI=1S/C29H28F3N3O4/c1-18-6-9-20(33-15-18)17-38-22-12-13-25-26(14-22)35(16-19-7-10-21(11-8-19)39-29(30,31)32)27(34-25)23-4-2-3-5-24(23)28(36)37/h6-15,23-24H,2-5,16-17H2,1H3,(H,36,37). The summed E-state index contributed by atoms with van der Waals surface area (Å²) in [6.07, 6.45) is 0.0218. The van der Waals surface area contributed by atoms with E-state index < -0.39 is 18.2 Å². The van der Waals surface area contributed by atoms with Crippen molar-refractivity contribution in [2.75, 3.05) is 0 Å². The number of halogens is 3. The van der Waals surface area contributed by atoms with Crippen molar-refractivity contribution in [1.82, 2.24) is 14.5 Å². The summed E-state index contributed by atoms with van der Waals surface area (Å²) in [6, 6.07) is 15.0. The lowest BCUT2D eigenvalue weighted by molar-refractivity contribution is -0.274. The summed E-state index contributed by atoms with van der Waals surface area (Å²) in [4.78, 5) is 21.3. The Labute approximate surface area is 223 Å². The fourth-order valence-corrected chi connectivity index (χ4v) is 5.12. The summed E-state index contributed by atoms with van der Waals surface area (Å²) in [7, 11) is 0. The van der Waals surface area contributed by atoms with Gasteiger partial charge in [0.1, 0.15) is 23.9 Å². The van der Waals surface area contributed by atoms with E-state index in [9.17, 15) is 23.1 Å². The van der Waals surface area contributed by atoms with Crippen molar-refractivity contribution in [1.29, 1.82) is 0 Å². The van der Waals surface area contributed by atoms with Gasteiger partial charge in [0, 0.05) is 24.7 Å². The Bertz CT molecular complexity index is 1450. The quantitative estimate of drug-likeness (QED) is 0.271. The van der Waals surface area contributed by atoms with Crippen molar-refractivity contribution >= 4 is 17.0 Å². The Hall–Kier alpha value is -4.08. The Morgan fingerprint density at radius 2 is 1.79 bits per heavy atom. The van der Waals surface area contributed by atoms with Crippen LogP contribution in [0.4, 0.5) is 13.2 Å². The van der Waals surface area contributed by atoms with Gasteiger partial charge in [0.05, 0.1) is 22.6 Å². The molecule has 5 rings (SSSR count). The van der Waals surface area contributed by atoms with Crippen molar-refractivity contribution in [2.45, 2.75) is 58.0 Å². The third-order valence-corrected chi connectivity index (χ3v) is 7.02. The van der Waals surface area contributed by atoms with Gasteiger partial charge in [-0.2, -0.15) is 0 Å². The van der Waals surface area contributed by atoms with Crippen molar-refractivity contribution in [2.24, 2.45) is 5.92 Å². The van der Waals surface area contributed by atoms with Gasteiger partial charge in [-0.05, 0) is 61.2 Å². The number of aryl methyl sites for hydroxylation is 1. The van der Waals surface area contributed by atoms with Crippen LogP contribution in [0, 0.1) is 12.8 Å². The molecule has 1 N–H and O–H groups in total. The summed E-state index contributed by atoms with van der Waals surface area (Å²) in [5, 5.41) is 9.92. The van der Waals surface area contributed by atoms with Crippen LogP contribution in [-0.2, 0) is 17.9 Å². The molecule has 2 unspecified atom stereocenters. The maximum Gasteiger partial charge on any atom is 0.573 e. The second-order valence-electron chi connectivity index (χ2n) is 9.85. The molecule has 2 heterocycles. The SMILES string of the molecule is Cc1ccc(COc2ccc3nc(C4CCCCC4C(=O)O)n(Cc4ccc(OC(F)(F)F)cc4)c3c2)nc1. The molecule has 2 aromatic heterocycles. The van der Waals surface area contributed by atoms with Crippen molar-refractivity contribution in [3.8, 4) is 11.5 Å². The van der Waals surface area contributed by atoms with Gasteiger partial charge >= 0.3 is 12.3 Å². The number of hydrogen-bond donors (Lipinski definition) is 1. The number of ether oxygens (including phenoxy) is 2. The second kappa shape index (κ2) is 11.0. The minimum atomic E-state index is -4.77. The smallest absolute Gasteiger partial charge is 0.487 e. The number of aromatic nitrogens is 3. The lowest BCUT2D eigenvalue weighted by atomic mass is 9.78. The topological polar surface area (TPSA) is 86.5 Å². The van der Waals surface area contributed by atoms with E-state index >= 15 is 0 Å². The fraction of sp³-hybridized carbons (Fsp3) is 0.345. The average Bonchev–Trinajstić information content (AvgIpc) is 3.26. The maximum atomic E-state index is 12.6. The molecular weight excluding hydrogens is 511 g/mol. The normalized spacial score (nSPS) is 17.7. The highest BCUT2D eigenvalue weighted by molar-refractivity contribution is 5.79. The highest BCUT2D eigenvalue weighted by atomic mass is 19.4. The summed E-state index contributed by atoms with van der Waals surface area (Å²) >= 11 is 0. The maximum absolute atomic E-state index is 12.6. The summed E-state index contributed by atoms with van der Waals surface area (Å²) < 4.78 is 49.8. The van der Waals surface area contributed by atoms with Crippen molar-refractivity contribution < 1.29 is 32.5 Å². The van der Waals surface area contributed by atoms with Crippen LogP contribution >= 0.6 is 0 Å². The van der Waals surface area contributed by atoms with Crippen LogP contribution in [0.15, 0.2) is 60.8 Å². The number of nitrogens with zero attached hydrogens (tertiary/aromatic N) is 3. The van der Waals surface area contributed by atoms with E-state index in [2.05, 4.69) is 9.72 Å². The molecule has 204 valence electrons. The monoisotopic (exact) mass is 539 g/mol. The van der Waals surface area contributed by atoms with Gasteiger partial charge in [0.2, 0.25) is 0 Å². The molecule has 0 saturated heterocycles. The van der Waals surface area contributed by atoms with Gasteiger partial charge in [0.15, 0.2) is 0 Å². The van der Waals surface area contributed by atoms with Crippen LogP contribution in [0.5, 0.6) is 11.5 Å². The number of carbonyl (C=O) groups is 1. The van der Waals surface area contributed by atoms with Crippen molar-refractivity contribution in [3.63, 3.8) is 0 Å². The third-order valence-electron chi connectivity index (χ3n) is 7.02. The first-order valence-electron chi connectivity index (χ1n) is 12.8. The summed E-state index contributed by atoms with van der Waals surface area (Å²) in [5.74, 6) is -0.727. The van der Waals surface area contributed by atoms with E-state index in [-0.39, 0.29) is 18.3 Å². The zero-order chi connectivity index (χ0) is 27.6. The number of rotatable bonds is 8. The van der Waals surface area contributed by atoms with Crippen molar-refractivity contribution in [3.05, 3.63) is 83.4 Å². The molecule has 4 aromatic rings. The van der Waals surface area contributed by atoms with Crippen LogP contribution < -0.4 is 9.47 Å². The van der Waals surface area contributed by atoms with E-state index in [1.54, 1.807) is 18.3 Å². The van der Waals surface area contributed by atoms with Crippen LogP contribution in [0.1, 0.15) is 54.2 Å². The molecule has 0 amide bonds. The predicted molar refractivity (Wildman–Crippen MR) is 138 cm³/mol. The largest absolute Gasteiger partial charge is 0.573 e. The number of imidazole rings is 1. The number of alkyl halides is 3. The molecule has 10 heteroatoms. The van der Waals surface area contributed by atoms with E-state index in [1.807, 2.05) is 41.8 Å². The Balaban J connectivity index is 1.49. The predicted octanol–water partition coefficient (Wildman–Crippen LogP) is 6.62. The summed E-state index contributed by atoms with van der Waals surface area (Å²) in [5.41, 5.74) is 4.00. The van der Waals surface area contributed by atoms with E-state index in [4.69, 9.17) is 9.72 Å². The van der Waals surface area contributed by atoms with Crippen LogP contribution in [0.3, 0.4) is 0 Å². The summed E-state index contributed by atoms with van der Waals surface area (Å²) in [6.45, 7) is 2.53. The van der Waals surface area contributed by atoms with Gasteiger partial charge in [-0.15, -0.1) is 13.2 Å². The molecule has 1 fully saturated rings. The Morgan fingerprint density at radius 1 is 1.05 bits per heavy atom. The highest BCUT2D eigenvalue weighted by Gasteiger charge is 2.35. The van der Waals surface area contributed by atoms with Crippen LogP contribution in [0.2, 0.25) is 0 Å². The van der Waals surface area contributed by atoms with Gasteiger partial charge in [-0.25, -0.2) is 4.98 Å². The minimum Gasteiger partial charge on any atom is -0.487 e. The molecule has 2 atom stereocenters. The lowest BCUT2D eigenvalue weighted by Gasteiger charge is -2.28. The number of fused-ring (bicyclic) bond motifs is 1. The highest BCUT2D eigenvalue weighted by Crippen LogP contribution is 2.39. The van der Waals surface area contributed by atoms with Gasteiger partial charge < -0.3 is 19.1 Å². The molecule has 0 bridgehead atoms. The molecule has 0 aliphatic heterocycles. The minimum absolute atomic E-state index is 0.275. The Kier molecular flexibility index (Phi) is 7.45. The number of carboxylic acid groups (broad SMARTS) is 1. The molecule has 0 radical (unpaired) electrons. The molecule has 0 spiro atoms. The van der Waals surface area contributed by atoms with Gasteiger partial charge in [-0.3, -0.25) is 9.78 Å². The Morgan fingerprint density at radius 3 is 2.49 bits per heavy atom. The average molecular weight is 540 g/mol. The van der Waals surface area contributed by atoms with E-state index in [0.29, 0.717) is 36.5 Å². The molecule has 2 aromatic carbocycles. The molecule has 7 nitrogen and oxygen atoms in total. The molecule has 1 aliphatic rings. The zero-order valence-electron chi connectivity index (χ0n) is 21.3.